The van der Waals surface area contributed by atoms with Crippen molar-refractivity contribution in [3.8, 4) is 11.6 Å². The second-order valence-corrected chi connectivity index (χ2v) is 5.04. The van der Waals surface area contributed by atoms with E-state index in [4.69, 9.17) is 4.74 Å². The van der Waals surface area contributed by atoms with E-state index < -0.39 is 0 Å². The summed E-state index contributed by atoms with van der Waals surface area (Å²) in [7, 11) is 0. The van der Waals surface area contributed by atoms with Crippen LogP contribution in [0.5, 0.6) is 11.6 Å². The predicted octanol–water partition coefficient (Wildman–Crippen LogP) is 3.35. The van der Waals surface area contributed by atoms with Crippen molar-refractivity contribution in [1.82, 2.24) is 19.6 Å². The Hall–Kier alpha value is -2.43. The first-order valence-electron chi connectivity index (χ1n) is 6.58. The Labute approximate surface area is 117 Å². The summed E-state index contributed by atoms with van der Waals surface area (Å²) in [5.74, 6) is 2.41. The van der Waals surface area contributed by atoms with E-state index in [9.17, 15) is 0 Å². The normalized spacial score (nSPS) is 11.2. The number of nitrogens with zero attached hydrogens (tertiary/aromatic N) is 4. The summed E-state index contributed by atoms with van der Waals surface area (Å²) in [4.78, 5) is 8.38. The fourth-order valence-electron chi connectivity index (χ4n) is 2.03. The lowest BCUT2D eigenvalue weighted by Gasteiger charge is -2.10. The molecule has 0 saturated heterocycles. The molecule has 0 radical (unpaired) electrons. The third kappa shape index (κ3) is 2.34. The van der Waals surface area contributed by atoms with Gasteiger partial charge in [-0.2, -0.15) is 14.6 Å². The minimum absolute atomic E-state index is 0.462. The van der Waals surface area contributed by atoms with Crippen LogP contribution in [0.3, 0.4) is 0 Å². The molecule has 0 bridgehead atoms. The minimum Gasteiger partial charge on any atom is -0.439 e. The van der Waals surface area contributed by atoms with Gasteiger partial charge < -0.3 is 4.74 Å². The van der Waals surface area contributed by atoms with Gasteiger partial charge in [0.25, 0.3) is 5.78 Å². The molecule has 2 heterocycles. The molecule has 0 unspecified atom stereocenters. The van der Waals surface area contributed by atoms with Gasteiger partial charge in [0, 0.05) is 11.8 Å². The second-order valence-electron chi connectivity index (χ2n) is 5.04. The molecule has 0 aliphatic carbocycles. The van der Waals surface area contributed by atoms with E-state index in [2.05, 4.69) is 35.0 Å². The molecule has 0 N–H and O–H groups in total. The van der Waals surface area contributed by atoms with Gasteiger partial charge in [0.15, 0.2) is 0 Å². The first kappa shape index (κ1) is 12.6. The summed E-state index contributed by atoms with van der Waals surface area (Å²) >= 11 is 0. The van der Waals surface area contributed by atoms with E-state index in [1.807, 2.05) is 31.2 Å². The van der Waals surface area contributed by atoms with Crippen molar-refractivity contribution in [1.29, 1.82) is 0 Å². The van der Waals surface area contributed by atoms with Crippen LogP contribution in [-0.2, 0) is 0 Å². The maximum absolute atomic E-state index is 5.94. The molecule has 20 heavy (non-hydrogen) atoms. The van der Waals surface area contributed by atoms with Crippen LogP contribution in [0.4, 0.5) is 0 Å². The Morgan fingerprint density at radius 1 is 1.20 bits per heavy atom. The monoisotopic (exact) mass is 268 g/mol. The van der Waals surface area contributed by atoms with Gasteiger partial charge in [-0.3, -0.25) is 0 Å². The molecule has 0 amide bonds. The van der Waals surface area contributed by atoms with Crippen LogP contribution in [0.15, 0.2) is 36.7 Å². The summed E-state index contributed by atoms with van der Waals surface area (Å²) in [6, 6.07) is 9.93. The topological polar surface area (TPSA) is 52.3 Å². The molecular formula is C15H16N4O. The molecule has 0 atom stereocenters. The lowest BCUT2D eigenvalue weighted by atomic mass is 10.0. The van der Waals surface area contributed by atoms with Gasteiger partial charge in [-0.05, 0) is 30.5 Å². The molecule has 0 saturated carbocycles. The summed E-state index contributed by atoms with van der Waals surface area (Å²) in [6.45, 7) is 6.22. The molecule has 3 aromatic rings. The molecule has 1 aromatic carbocycles. The van der Waals surface area contributed by atoms with Crippen LogP contribution < -0.4 is 4.74 Å². The minimum atomic E-state index is 0.462. The number of hydrogen-bond donors (Lipinski definition) is 0. The van der Waals surface area contributed by atoms with E-state index in [0.29, 0.717) is 17.6 Å². The number of rotatable bonds is 3. The van der Waals surface area contributed by atoms with Gasteiger partial charge in [0.05, 0.1) is 0 Å². The number of hydrogen-bond acceptors (Lipinski definition) is 4. The number of fused-ring (bicyclic) bond motifs is 1. The first-order valence-corrected chi connectivity index (χ1v) is 6.58. The maximum atomic E-state index is 5.94. The highest BCUT2D eigenvalue weighted by atomic mass is 16.5. The Morgan fingerprint density at radius 2 is 2.05 bits per heavy atom. The van der Waals surface area contributed by atoms with E-state index in [1.54, 1.807) is 4.52 Å². The summed E-state index contributed by atoms with van der Waals surface area (Å²) in [5, 5.41) is 4.13. The van der Waals surface area contributed by atoms with Crippen LogP contribution in [0, 0.1) is 6.92 Å². The van der Waals surface area contributed by atoms with Crippen molar-refractivity contribution in [2.75, 3.05) is 0 Å². The van der Waals surface area contributed by atoms with Gasteiger partial charge in [-0.1, -0.05) is 26.0 Å². The largest absolute Gasteiger partial charge is 0.439 e. The Kier molecular flexibility index (Phi) is 3.10. The molecule has 2 aromatic heterocycles. The molecule has 3 rings (SSSR count). The van der Waals surface area contributed by atoms with Crippen molar-refractivity contribution >= 4 is 5.78 Å². The van der Waals surface area contributed by atoms with Crippen molar-refractivity contribution in [2.45, 2.75) is 26.7 Å². The van der Waals surface area contributed by atoms with Crippen molar-refractivity contribution in [3.05, 3.63) is 47.9 Å². The zero-order valence-electron chi connectivity index (χ0n) is 11.7. The second kappa shape index (κ2) is 4.92. The third-order valence-electron chi connectivity index (χ3n) is 3.09. The zero-order valence-corrected chi connectivity index (χ0v) is 11.7. The fraction of sp³-hybridized carbons (Fsp3) is 0.267. The van der Waals surface area contributed by atoms with E-state index in [-0.39, 0.29) is 0 Å². The lowest BCUT2D eigenvalue weighted by Crippen LogP contribution is -1.99. The lowest BCUT2D eigenvalue weighted by molar-refractivity contribution is 0.444. The molecule has 5 heteroatoms. The Bertz CT molecular complexity index is 748. The van der Waals surface area contributed by atoms with Gasteiger partial charge in [0.2, 0.25) is 5.88 Å². The number of ether oxygens (including phenoxy) is 1. The fourth-order valence-corrected chi connectivity index (χ4v) is 2.03. The zero-order chi connectivity index (χ0) is 14.1. The molecule has 0 fully saturated rings. The standard InChI is InChI=1S/C15H16N4O/c1-10(2)12-5-4-6-13(8-12)20-14-7-11(3)18-15-16-9-17-19(14)15/h4-10H,1-3H3. The Morgan fingerprint density at radius 3 is 2.85 bits per heavy atom. The Balaban J connectivity index is 2.00. The van der Waals surface area contributed by atoms with Crippen LogP contribution >= 0.6 is 0 Å². The molecule has 0 aliphatic heterocycles. The highest BCUT2D eigenvalue weighted by Crippen LogP contribution is 2.25. The van der Waals surface area contributed by atoms with Crippen LogP contribution in [0.2, 0.25) is 0 Å². The third-order valence-corrected chi connectivity index (χ3v) is 3.09. The average molecular weight is 268 g/mol. The van der Waals surface area contributed by atoms with Crippen molar-refractivity contribution in [2.24, 2.45) is 0 Å². The smallest absolute Gasteiger partial charge is 0.255 e. The quantitative estimate of drug-likeness (QED) is 0.731. The highest BCUT2D eigenvalue weighted by Gasteiger charge is 2.08. The number of aryl methyl sites for hydroxylation is 1. The van der Waals surface area contributed by atoms with Crippen molar-refractivity contribution in [3.63, 3.8) is 0 Å². The van der Waals surface area contributed by atoms with Gasteiger partial charge in [-0.15, -0.1) is 0 Å². The average Bonchev–Trinajstić information content (AvgIpc) is 2.87. The number of benzene rings is 1. The first-order chi connectivity index (χ1) is 9.63. The molecule has 0 spiro atoms. The van der Waals surface area contributed by atoms with E-state index in [0.717, 1.165) is 11.4 Å². The summed E-state index contributed by atoms with van der Waals surface area (Å²) in [5.41, 5.74) is 2.09. The summed E-state index contributed by atoms with van der Waals surface area (Å²) in [6.07, 6.45) is 1.47. The van der Waals surface area contributed by atoms with Crippen LogP contribution in [0.25, 0.3) is 5.78 Å². The van der Waals surface area contributed by atoms with Crippen LogP contribution in [-0.4, -0.2) is 19.6 Å². The molecule has 102 valence electrons. The molecular weight excluding hydrogens is 252 g/mol. The predicted molar refractivity (Wildman–Crippen MR) is 76.1 cm³/mol. The number of aromatic nitrogens is 4. The highest BCUT2D eigenvalue weighted by molar-refractivity contribution is 5.37. The maximum Gasteiger partial charge on any atom is 0.255 e. The van der Waals surface area contributed by atoms with Gasteiger partial charge >= 0.3 is 0 Å². The van der Waals surface area contributed by atoms with E-state index >= 15 is 0 Å². The van der Waals surface area contributed by atoms with Gasteiger partial charge in [0.1, 0.15) is 12.1 Å². The van der Waals surface area contributed by atoms with Crippen LogP contribution in [0.1, 0.15) is 31.0 Å². The molecule has 0 aliphatic rings. The molecule has 5 nitrogen and oxygen atoms in total. The van der Waals surface area contributed by atoms with E-state index in [1.165, 1.54) is 11.9 Å². The summed E-state index contributed by atoms with van der Waals surface area (Å²) < 4.78 is 7.53. The van der Waals surface area contributed by atoms with Crippen molar-refractivity contribution < 1.29 is 4.74 Å². The SMILES string of the molecule is Cc1cc(Oc2cccc(C(C)C)c2)n2ncnc2n1. The van der Waals surface area contributed by atoms with Gasteiger partial charge in [-0.25, -0.2) is 4.98 Å².